The Labute approximate surface area is 95.7 Å². The minimum Gasteiger partial charge on any atom is -0.428 e. The lowest BCUT2D eigenvalue weighted by Gasteiger charge is -2.19. The summed E-state index contributed by atoms with van der Waals surface area (Å²) in [4.78, 5) is 16.2. The van der Waals surface area contributed by atoms with E-state index in [1.54, 1.807) is 7.05 Å². The van der Waals surface area contributed by atoms with Crippen LogP contribution in [0.1, 0.15) is 19.4 Å². The van der Waals surface area contributed by atoms with Gasteiger partial charge in [0.2, 0.25) is 0 Å². The van der Waals surface area contributed by atoms with Gasteiger partial charge in [-0.05, 0) is 19.4 Å². The van der Waals surface area contributed by atoms with E-state index in [1.807, 2.05) is 44.2 Å². The van der Waals surface area contributed by atoms with E-state index in [1.165, 1.54) is 5.06 Å². The Bertz CT molecular complexity index is 324. The molecule has 16 heavy (non-hydrogen) atoms. The molecule has 0 fully saturated rings. The van der Waals surface area contributed by atoms with Crippen molar-refractivity contribution in [3.8, 4) is 0 Å². The SMILES string of the molecule is CC(C)N(C)OC(=O)OCc1ccccc1. The number of hydroxylamine groups is 2. The van der Waals surface area contributed by atoms with Gasteiger partial charge >= 0.3 is 6.16 Å². The molecule has 0 aliphatic carbocycles. The van der Waals surface area contributed by atoms with Crippen molar-refractivity contribution in [1.82, 2.24) is 5.06 Å². The molecule has 0 aromatic heterocycles. The monoisotopic (exact) mass is 223 g/mol. The third-order valence-corrected chi connectivity index (χ3v) is 2.15. The van der Waals surface area contributed by atoms with Crippen molar-refractivity contribution in [2.75, 3.05) is 7.05 Å². The van der Waals surface area contributed by atoms with Gasteiger partial charge in [-0.25, -0.2) is 4.79 Å². The molecule has 0 amide bonds. The molecular formula is C12H17NO3. The third-order valence-electron chi connectivity index (χ3n) is 2.15. The van der Waals surface area contributed by atoms with Gasteiger partial charge in [0, 0.05) is 13.1 Å². The number of carbonyl (C=O) groups is 1. The largest absolute Gasteiger partial charge is 0.528 e. The molecule has 0 saturated carbocycles. The van der Waals surface area contributed by atoms with Crippen molar-refractivity contribution < 1.29 is 14.4 Å². The van der Waals surface area contributed by atoms with Gasteiger partial charge in [0.05, 0.1) is 0 Å². The molecule has 0 atom stereocenters. The van der Waals surface area contributed by atoms with Crippen molar-refractivity contribution in [2.24, 2.45) is 0 Å². The zero-order valence-corrected chi connectivity index (χ0v) is 9.84. The second-order valence-electron chi connectivity index (χ2n) is 3.76. The average Bonchev–Trinajstić information content (AvgIpc) is 2.27. The first kappa shape index (κ1) is 12.5. The van der Waals surface area contributed by atoms with E-state index in [0.29, 0.717) is 0 Å². The lowest BCUT2D eigenvalue weighted by molar-refractivity contribution is -0.130. The minimum atomic E-state index is -0.681. The number of hydrogen-bond donors (Lipinski definition) is 0. The van der Waals surface area contributed by atoms with E-state index in [9.17, 15) is 4.79 Å². The lowest BCUT2D eigenvalue weighted by atomic mass is 10.2. The van der Waals surface area contributed by atoms with Crippen molar-refractivity contribution in [3.05, 3.63) is 35.9 Å². The quantitative estimate of drug-likeness (QED) is 0.581. The van der Waals surface area contributed by atoms with Crippen molar-refractivity contribution in [3.63, 3.8) is 0 Å². The fourth-order valence-electron chi connectivity index (χ4n) is 0.966. The van der Waals surface area contributed by atoms with E-state index in [2.05, 4.69) is 0 Å². The summed E-state index contributed by atoms with van der Waals surface area (Å²) in [7, 11) is 1.69. The topological polar surface area (TPSA) is 38.8 Å². The van der Waals surface area contributed by atoms with Crippen LogP contribution in [-0.2, 0) is 16.2 Å². The zero-order valence-electron chi connectivity index (χ0n) is 9.84. The standard InChI is InChI=1S/C12H17NO3/c1-10(2)13(3)16-12(14)15-9-11-7-5-4-6-8-11/h4-8,10H,9H2,1-3H3. The predicted molar refractivity (Wildman–Crippen MR) is 60.6 cm³/mol. The van der Waals surface area contributed by atoms with Gasteiger partial charge in [-0.2, -0.15) is 0 Å². The highest BCUT2D eigenvalue weighted by Gasteiger charge is 2.11. The Morgan fingerprint density at radius 3 is 2.50 bits per heavy atom. The molecule has 0 bridgehead atoms. The molecular weight excluding hydrogens is 206 g/mol. The zero-order chi connectivity index (χ0) is 12.0. The van der Waals surface area contributed by atoms with Crippen LogP contribution in [0.2, 0.25) is 0 Å². The minimum absolute atomic E-state index is 0.129. The van der Waals surface area contributed by atoms with Crippen LogP contribution >= 0.6 is 0 Å². The molecule has 1 aromatic rings. The van der Waals surface area contributed by atoms with E-state index >= 15 is 0 Å². The predicted octanol–water partition coefficient (Wildman–Crippen LogP) is 2.60. The summed E-state index contributed by atoms with van der Waals surface area (Å²) in [6, 6.07) is 9.60. The molecule has 0 aliphatic heterocycles. The first-order valence-electron chi connectivity index (χ1n) is 5.21. The molecule has 1 aromatic carbocycles. The molecule has 0 saturated heterocycles. The fraction of sp³-hybridized carbons (Fsp3) is 0.417. The van der Waals surface area contributed by atoms with E-state index in [4.69, 9.17) is 9.57 Å². The number of nitrogens with zero attached hydrogens (tertiary/aromatic N) is 1. The summed E-state index contributed by atoms with van der Waals surface area (Å²) in [6.07, 6.45) is -0.681. The summed E-state index contributed by atoms with van der Waals surface area (Å²) >= 11 is 0. The number of rotatable bonds is 4. The van der Waals surface area contributed by atoms with E-state index < -0.39 is 6.16 Å². The van der Waals surface area contributed by atoms with Gasteiger partial charge in [-0.15, -0.1) is 5.06 Å². The Hall–Kier alpha value is -1.55. The van der Waals surface area contributed by atoms with Gasteiger partial charge in [0.15, 0.2) is 0 Å². The number of hydrogen-bond acceptors (Lipinski definition) is 4. The first-order chi connectivity index (χ1) is 7.59. The molecule has 0 unspecified atom stereocenters. The Balaban J connectivity index is 2.31. The van der Waals surface area contributed by atoms with E-state index in [-0.39, 0.29) is 12.6 Å². The lowest BCUT2D eigenvalue weighted by Crippen LogP contribution is -2.29. The smallest absolute Gasteiger partial charge is 0.428 e. The van der Waals surface area contributed by atoms with Crippen molar-refractivity contribution >= 4 is 6.16 Å². The van der Waals surface area contributed by atoms with Crippen LogP contribution < -0.4 is 0 Å². The average molecular weight is 223 g/mol. The fourth-order valence-corrected chi connectivity index (χ4v) is 0.966. The molecule has 4 nitrogen and oxygen atoms in total. The molecule has 88 valence electrons. The maximum absolute atomic E-state index is 11.2. The molecule has 0 spiro atoms. The summed E-state index contributed by atoms with van der Waals surface area (Å²) in [6.45, 7) is 4.07. The highest BCUT2D eigenvalue weighted by molar-refractivity contribution is 5.59. The van der Waals surface area contributed by atoms with Gasteiger partial charge in [-0.1, -0.05) is 30.3 Å². The summed E-state index contributed by atoms with van der Waals surface area (Å²) < 4.78 is 4.95. The molecule has 4 heteroatoms. The van der Waals surface area contributed by atoms with Crippen LogP contribution in [0.25, 0.3) is 0 Å². The van der Waals surface area contributed by atoms with Crippen LogP contribution in [0.3, 0.4) is 0 Å². The Kier molecular flexibility index (Phi) is 4.79. The van der Waals surface area contributed by atoms with Crippen LogP contribution in [-0.4, -0.2) is 24.3 Å². The number of carbonyl (C=O) groups excluding carboxylic acids is 1. The summed E-state index contributed by atoms with van der Waals surface area (Å²) in [5.41, 5.74) is 0.937. The number of ether oxygens (including phenoxy) is 1. The van der Waals surface area contributed by atoms with E-state index in [0.717, 1.165) is 5.56 Å². The van der Waals surface area contributed by atoms with Gasteiger partial charge in [0.1, 0.15) is 6.61 Å². The maximum Gasteiger partial charge on any atom is 0.528 e. The second-order valence-corrected chi connectivity index (χ2v) is 3.76. The van der Waals surface area contributed by atoms with Crippen LogP contribution in [0.15, 0.2) is 30.3 Å². The third kappa shape index (κ3) is 4.31. The summed E-state index contributed by atoms with van der Waals surface area (Å²) in [5.74, 6) is 0. The van der Waals surface area contributed by atoms with Crippen molar-refractivity contribution in [2.45, 2.75) is 26.5 Å². The van der Waals surface area contributed by atoms with Crippen molar-refractivity contribution in [1.29, 1.82) is 0 Å². The summed E-state index contributed by atoms with van der Waals surface area (Å²) in [5, 5.41) is 1.45. The Morgan fingerprint density at radius 1 is 1.31 bits per heavy atom. The second kappa shape index (κ2) is 6.12. The van der Waals surface area contributed by atoms with Gasteiger partial charge in [0.25, 0.3) is 0 Å². The Morgan fingerprint density at radius 2 is 1.94 bits per heavy atom. The molecule has 0 heterocycles. The van der Waals surface area contributed by atoms with Gasteiger partial charge < -0.3 is 9.57 Å². The molecule has 0 radical (unpaired) electrons. The normalized spacial score (nSPS) is 10.6. The molecule has 1 rings (SSSR count). The highest BCUT2D eigenvalue weighted by Crippen LogP contribution is 2.03. The van der Waals surface area contributed by atoms with Crippen LogP contribution in [0.5, 0.6) is 0 Å². The molecule has 0 aliphatic rings. The maximum atomic E-state index is 11.2. The van der Waals surface area contributed by atoms with Crippen LogP contribution in [0.4, 0.5) is 4.79 Å². The van der Waals surface area contributed by atoms with Crippen LogP contribution in [0, 0.1) is 0 Å². The molecule has 0 N–H and O–H groups in total. The number of benzene rings is 1. The van der Waals surface area contributed by atoms with Gasteiger partial charge in [-0.3, -0.25) is 0 Å². The highest BCUT2D eigenvalue weighted by atomic mass is 16.8. The first-order valence-corrected chi connectivity index (χ1v) is 5.21.